The van der Waals surface area contributed by atoms with Crippen LogP contribution in [0.15, 0.2) is 42.6 Å². The number of carbonyl (C=O) groups is 2. The maximum Gasteiger partial charge on any atom is 0.286 e. The van der Waals surface area contributed by atoms with Crippen LogP contribution in [0.3, 0.4) is 0 Å². The van der Waals surface area contributed by atoms with Crippen molar-refractivity contribution >= 4 is 22.9 Å². The Morgan fingerprint density at radius 2 is 1.92 bits per heavy atom. The first kappa shape index (κ1) is 18.4. The van der Waals surface area contributed by atoms with Crippen LogP contribution in [-0.2, 0) is 17.6 Å². The van der Waals surface area contributed by atoms with Crippen molar-refractivity contribution in [3.63, 3.8) is 0 Å². The van der Waals surface area contributed by atoms with E-state index in [1.165, 1.54) is 0 Å². The highest BCUT2D eigenvalue weighted by Crippen LogP contribution is 2.24. The molecule has 0 spiro atoms. The third-order valence-corrected chi connectivity index (χ3v) is 5.10. The SMILES string of the molecule is CCc1ccc([C@@H](O)COc2ccc(C[C@H]3SC(=O)NC3=O)cc2)nc1. The number of imide groups is 1. The molecule has 1 saturated heterocycles. The van der Waals surface area contributed by atoms with Crippen molar-refractivity contribution in [2.24, 2.45) is 0 Å². The van der Waals surface area contributed by atoms with E-state index < -0.39 is 6.10 Å². The van der Waals surface area contributed by atoms with Crippen LogP contribution in [0, 0.1) is 0 Å². The molecule has 0 bridgehead atoms. The molecule has 1 aromatic heterocycles. The standard InChI is InChI=1S/C19H20N2O4S/c1-2-12-5-8-15(20-10-12)16(22)11-25-14-6-3-13(4-7-14)9-17-18(23)21-19(24)26-17/h3-8,10,16-17,22H,2,9,11H2,1H3,(H,21,23,24)/t16-,17+/m0/s1. The average molecular weight is 372 g/mol. The molecule has 0 unspecified atom stereocenters. The summed E-state index contributed by atoms with van der Waals surface area (Å²) in [7, 11) is 0. The fourth-order valence-electron chi connectivity index (χ4n) is 2.57. The average Bonchev–Trinajstić information content (AvgIpc) is 2.98. The highest BCUT2D eigenvalue weighted by atomic mass is 32.2. The van der Waals surface area contributed by atoms with Gasteiger partial charge >= 0.3 is 0 Å². The van der Waals surface area contributed by atoms with Gasteiger partial charge < -0.3 is 9.84 Å². The van der Waals surface area contributed by atoms with Crippen LogP contribution in [0.1, 0.15) is 29.8 Å². The van der Waals surface area contributed by atoms with Gasteiger partial charge in [0.05, 0.1) is 10.9 Å². The molecule has 2 heterocycles. The van der Waals surface area contributed by atoms with Gasteiger partial charge in [0, 0.05) is 6.20 Å². The summed E-state index contributed by atoms with van der Waals surface area (Å²) in [4.78, 5) is 27.0. The van der Waals surface area contributed by atoms with Crippen LogP contribution >= 0.6 is 11.8 Å². The molecule has 7 heteroatoms. The Bertz CT molecular complexity index is 777. The maximum absolute atomic E-state index is 11.6. The monoisotopic (exact) mass is 372 g/mol. The highest BCUT2D eigenvalue weighted by molar-refractivity contribution is 8.15. The number of benzene rings is 1. The molecule has 0 radical (unpaired) electrons. The quantitative estimate of drug-likeness (QED) is 0.777. The van der Waals surface area contributed by atoms with Crippen molar-refractivity contribution in [1.29, 1.82) is 0 Å². The number of nitrogens with zero attached hydrogens (tertiary/aromatic N) is 1. The topological polar surface area (TPSA) is 88.5 Å². The first-order valence-electron chi connectivity index (χ1n) is 8.41. The molecule has 1 aliphatic rings. The Balaban J connectivity index is 1.52. The molecule has 2 atom stereocenters. The summed E-state index contributed by atoms with van der Waals surface area (Å²) in [5.74, 6) is 0.377. The van der Waals surface area contributed by atoms with Gasteiger partial charge in [0.1, 0.15) is 18.5 Å². The lowest BCUT2D eigenvalue weighted by Crippen LogP contribution is -2.25. The van der Waals surface area contributed by atoms with Gasteiger partial charge in [-0.1, -0.05) is 36.9 Å². The molecular weight excluding hydrogens is 352 g/mol. The number of amides is 2. The Labute approximate surface area is 156 Å². The lowest BCUT2D eigenvalue weighted by Gasteiger charge is -2.13. The van der Waals surface area contributed by atoms with E-state index in [1.807, 2.05) is 24.3 Å². The second-order valence-electron chi connectivity index (χ2n) is 6.00. The fourth-order valence-corrected chi connectivity index (χ4v) is 3.43. The minimum atomic E-state index is -0.801. The van der Waals surface area contributed by atoms with E-state index in [9.17, 15) is 14.7 Å². The van der Waals surface area contributed by atoms with E-state index in [2.05, 4.69) is 17.2 Å². The van der Waals surface area contributed by atoms with Crippen LogP contribution in [0.4, 0.5) is 4.79 Å². The summed E-state index contributed by atoms with van der Waals surface area (Å²) in [5, 5.41) is 11.8. The number of hydrogen-bond donors (Lipinski definition) is 2. The van der Waals surface area contributed by atoms with Gasteiger partial charge in [0.15, 0.2) is 0 Å². The maximum atomic E-state index is 11.6. The van der Waals surface area contributed by atoms with Gasteiger partial charge in [-0.3, -0.25) is 19.9 Å². The molecule has 6 nitrogen and oxygen atoms in total. The minimum absolute atomic E-state index is 0.104. The van der Waals surface area contributed by atoms with Crippen molar-refractivity contribution in [1.82, 2.24) is 10.3 Å². The Morgan fingerprint density at radius 1 is 1.19 bits per heavy atom. The van der Waals surface area contributed by atoms with Crippen LogP contribution in [0.25, 0.3) is 0 Å². The summed E-state index contributed by atoms with van der Waals surface area (Å²) in [6.07, 6.45) is 2.35. The number of ether oxygens (including phenoxy) is 1. The zero-order valence-electron chi connectivity index (χ0n) is 14.3. The van der Waals surface area contributed by atoms with Gasteiger partial charge in [-0.15, -0.1) is 0 Å². The number of aliphatic hydroxyl groups is 1. The van der Waals surface area contributed by atoms with Gasteiger partial charge in [-0.25, -0.2) is 0 Å². The Morgan fingerprint density at radius 3 is 2.50 bits per heavy atom. The number of thioether (sulfide) groups is 1. The van der Waals surface area contributed by atoms with Crippen molar-refractivity contribution in [2.45, 2.75) is 31.1 Å². The lowest BCUT2D eigenvalue weighted by atomic mass is 10.1. The van der Waals surface area contributed by atoms with Crippen LogP contribution in [-0.4, -0.2) is 33.1 Å². The molecule has 1 fully saturated rings. The second-order valence-corrected chi connectivity index (χ2v) is 7.18. The lowest BCUT2D eigenvalue weighted by molar-refractivity contribution is -0.118. The van der Waals surface area contributed by atoms with Crippen LogP contribution < -0.4 is 10.1 Å². The number of carbonyl (C=O) groups excluding carboxylic acids is 2. The minimum Gasteiger partial charge on any atom is -0.490 e. The van der Waals surface area contributed by atoms with E-state index in [0.717, 1.165) is 29.3 Å². The van der Waals surface area contributed by atoms with Gasteiger partial charge in [-0.2, -0.15) is 0 Å². The van der Waals surface area contributed by atoms with E-state index in [0.29, 0.717) is 17.9 Å². The smallest absolute Gasteiger partial charge is 0.286 e. The summed E-state index contributed by atoms with van der Waals surface area (Å²) in [6.45, 7) is 2.16. The molecule has 0 saturated carbocycles. The third kappa shape index (κ3) is 4.62. The molecule has 1 aromatic carbocycles. The first-order valence-corrected chi connectivity index (χ1v) is 9.29. The summed E-state index contributed by atoms with van der Waals surface area (Å²) in [5.41, 5.74) is 2.64. The van der Waals surface area contributed by atoms with Gasteiger partial charge in [0.25, 0.3) is 5.24 Å². The molecule has 136 valence electrons. The number of aryl methyl sites for hydroxylation is 1. The second kappa shape index (κ2) is 8.33. The molecule has 26 heavy (non-hydrogen) atoms. The third-order valence-electron chi connectivity index (χ3n) is 4.12. The first-order chi connectivity index (χ1) is 12.5. The van der Waals surface area contributed by atoms with E-state index in [1.54, 1.807) is 18.3 Å². The number of aliphatic hydroxyl groups excluding tert-OH is 1. The predicted octanol–water partition coefficient (Wildman–Crippen LogP) is 2.65. The number of pyridine rings is 1. The molecule has 2 aromatic rings. The highest BCUT2D eigenvalue weighted by Gasteiger charge is 2.31. The number of aromatic nitrogens is 1. The molecule has 1 aliphatic heterocycles. The zero-order chi connectivity index (χ0) is 18.5. The van der Waals surface area contributed by atoms with E-state index >= 15 is 0 Å². The van der Waals surface area contributed by atoms with Crippen molar-refractivity contribution < 1.29 is 19.4 Å². The number of nitrogens with one attached hydrogen (secondary N) is 1. The van der Waals surface area contributed by atoms with Crippen molar-refractivity contribution in [3.05, 3.63) is 59.4 Å². The largest absolute Gasteiger partial charge is 0.490 e. The number of hydrogen-bond acceptors (Lipinski definition) is 6. The molecule has 3 rings (SSSR count). The Kier molecular flexibility index (Phi) is 5.90. The fraction of sp³-hybridized carbons (Fsp3) is 0.316. The van der Waals surface area contributed by atoms with Crippen molar-refractivity contribution in [3.8, 4) is 5.75 Å². The number of rotatable bonds is 7. The predicted molar refractivity (Wildman–Crippen MR) is 99.1 cm³/mol. The Hall–Kier alpha value is -2.38. The molecular formula is C19H20N2O4S. The van der Waals surface area contributed by atoms with Gasteiger partial charge in [-0.05, 0) is 42.2 Å². The molecule has 0 aliphatic carbocycles. The van der Waals surface area contributed by atoms with Gasteiger partial charge in [0.2, 0.25) is 5.91 Å². The van der Waals surface area contributed by atoms with Crippen LogP contribution in [0.5, 0.6) is 5.75 Å². The zero-order valence-corrected chi connectivity index (χ0v) is 15.2. The summed E-state index contributed by atoms with van der Waals surface area (Å²) < 4.78 is 5.61. The van der Waals surface area contributed by atoms with E-state index in [4.69, 9.17) is 4.74 Å². The van der Waals surface area contributed by atoms with Crippen molar-refractivity contribution in [2.75, 3.05) is 6.61 Å². The summed E-state index contributed by atoms with van der Waals surface area (Å²) in [6, 6.07) is 11.0. The normalized spacial score (nSPS) is 17.8. The molecule has 2 amide bonds. The molecule has 2 N–H and O–H groups in total. The van der Waals surface area contributed by atoms with E-state index in [-0.39, 0.29) is 23.0 Å². The summed E-state index contributed by atoms with van der Waals surface area (Å²) >= 11 is 1.02. The van der Waals surface area contributed by atoms with Crippen LogP contribution in [0.2, 0.25) is 0 Å².